The average molecular weight is 317 g/mol. The highest BCUT2D eigenvalue weighted by molar-refractivity contribution is 7.86. The molecule has 1 atom stereocenters. The lowest BCUT2D eigenvalue weighted by atomic mass is 10.0. The molecule has 0 aliphatic heterocycles. The van der Waals surface area contributed by atoms with Gasteiger partial charge < -0.3 is 0 Å². The Morgan fingerprint density at radius 2 is 1.24 bits per heavy atom. The summed E-state index contributed by atoms with van der Waals surface area (Å²) in [5.74, 6) is 0. The lowest BCUT2D eigenvalue weighted by Gasteiger charge is -2.05. The molecule has 0 radical (unpaired) electrons. The fourth-order valence-corrected chi connectivity index (χ4v) is 3.05. The van der Waals surface area contributed by atoms with Gasteiger partial charge in [0, 0.05) is 0 Å². The summed E-state index contributed by atoms with van der Waals surface area (Å²) < 4.78 is 30.5. The molecule has 0 aliphatic rings. The summed E-state index contributed by atoms with van der Waals surface area (Å²) in [6.07, 6.45) is 14.7. The van der Waals surface area contributed by atoms with Crippen molar-refractivity contribution < 1.29 is 13.0 Å². The second-order valence-electron chi connectivity index (χ2n) is 5.81. The Morgan fingerprint density at radius 1 is 0.857 bits per heavy atom. The van der Waals surface area contributed by atoms with E-state index in [0.717, 1.165) is 12.8 Å². The third kappa shape index (κ3) is 12.8. The molecule has 0 aromatic carbocycles. The van der Waals surface area contributed by atoms with Crippen LogP contribution < -0.4 is 0 Å². The molecule has 0 spiro atoms. The third-order valence-corrected chi connectivity index (χ3v) is 4.88. The molecular weight excluding hydrogens is 286 g/mol. The predicted molar refractivity (Wildman–Crippen MR) is 86.6 cm³/mol. The molecule has 0 aromatic heterocycles. The maximum atomic E-state index is 10.8. The van der Waals surface area contributed by atoms with Crippen molar-refractivity contribution in [3.8, 4) is 6.07 Å². The minimum Gasteiger partial charge on any atom is -0.285 e. The Hall–Kier alpha value is -0.600. The summed E-state index contributed by atoms with van der Waals surface area (Å²) in [6.45, 7) is 2.23. The van der Waals surface area contributed by atoms with Gasteiger partial charge in [0.2, 0.25) is 0 Å². The molecule has 21 heavy (non-hydrogen) atoms. The Bertz CT molecular complexity index is 373. The van der Waals surface area contributed by atoms with Crippen LogP contribution in [0.4, 0.5) is 0 Å². The molecule has 0 aromatic rings. The molecular formula is C16H31NO3S. The Labute approximate surface area is 130 Å². The monoisotopic (exact) mass is 317 g/mol. The van der Waals surface area contributed by atoms with E-state index in [9.17, 15) is 8.42 Å². The third-order valence-electron chi connectivity index (χ3n) is 3.82. The topological polar surface area (TPSA) is 78.2 Å². The second-order valence-corrected chi connectivity index (χ2v) is 7.41. The molecule has 0 aliphatic carbocycles. The summed E-state index contributed by atoms with van der Waals surface area (Å²) in [5, 5.41) is 7.40. The molecule has 1 unspecified atom stereocenters. The predicted octanol–water partition coefficient (Wildman–Crippen LogP) is 4.86. The van der Waals surface area contributed by atoms with Crippen LogP contribution in [-0.4, -0.2) is 18.2 Å². The van der Waals surface area contributed by atoms with Crippen LogP contribution in [0.15, 0.2) is 0 Å². The van der Waals surface area contributed by atoms with E-state index in [1.54, 1.807) is 6.07 Å². The molecule has 1 N–H and O–H groups in total. The van der Waals surface area contributed by atoms with Crippen molar-refractivity contribution in [2.24, 2.45) is 0 Å². The number of rotatable bonds is 14. The quantitative estimate of drug-likeness (QED) is 0.366. The summed E-state index contributed by atoms with van der Waals surface area (Å²) in [6, 6.07) is 1.64. The van der Waals surface area contributed by atoms with Crippen LogP contribution in [0.3, 0.4) is 0 Å². The van der Waals surface area contributed by atoms with Gasteiger partial charge in [-0.15, -0.1) is 0 Å². The Balaban J connectivity index is 3.32. The van der Waals surface area contributed by atoms with Crippen LogP contribution in [0.1, 0.15) is 90.4 Å². The van der Waals surface area contributed by atoms with Crippen LogP contribution in [0.5, 0.6) is 0 Å². The SMILES string of the molecule is CCCCCCCCCCCCCCC(C#N)S(=O)(=O)O. The molecule has 0 fully saturated rings. The second kappa shape index (κ2) is 13.1. The van der Waals surface area contributed by atoms with E-state index in [0.29, 0.717) is 6.42 Å². The van der Waals surface area contributed by atoms with Crippen molar-refractivity contribution in [2.45, 2.75) is 95.6 Å². The average Bonchev–Trinajstić information content (AvgIpc) is 2.42. The van der Waals surface area contributed by atoms with Gasteiger partial charge in [-0.2, -0.15) is 13.7 Å². The van der Waals surface area contributed by atoms with Gasteiger partial charge in [0.25, 0.3) is 10.1 Å². The van der Waals surface area contributed by atoms with Gasteiger partial charge in [-0.1, -0.05) is 84.0 Å². The van der Waals surface area contributed by atoms with E-state index in [1.807, 2.05) is 0 Å². The van der Waals surface area contributed by atoms with Gasteiger partial charge >= 0.3 is 0 Å². The first-order valence-electron chi connectivity index (χ1n) is 8.38. The van der Waals surface area contributed by atoms with E-state index in [4.69, 9.17) is 9.81 Å². The smallest absolute Gasteiger partial charge is 0.281 e. The molecule has 5 heteroatoms. The minimum atomic E-state index is -4.19. The van der Waals surface area contributed by atoms with Gasteiger partial charge in [-0.05, 0) is 6.42 Å². The lowest BCUT2D eigenvalue weighted by Crippen LogP contribution is -2.18. The normalized spacial score (nSPS) is 13.0. The largest absolute Gasteiger partial charge is 0.285 e. The molecule has 0 bridgehead atoms. The highest BCUT2D eigenvalue weighted by atomic mass is 32.2. The summed E-state index contributed by atoms with van der Waals surface area (Å²) in [7, 11) is -4.19. The van der Waals surface area contributed by atoms with Gasteiger partial charge in [0.1, 0.15) is 0 Å². The molecule has 0 saturated heterocycles. The number of nitrogens with zero attached hydrogens (tertiary/aromatic N) is 1. The van der Waals surface area contributed by atoms with Gasteiger partial charge in [-0.25, -0.2) is 0 Å². The highest BCUT2D eigenvalue weighted by Gasteiger charge is 2.21. The minimum absolute atomic E-state index is 0.243. The van der Waals surface area contributed by atoms with E-state index in [-0.39, 0.29) is 6.42 Å². The van der Waals surface area contributed by atoms with Gasteiger partial charge in [0.15, 0.2) is 5.25 Å². The van der Waals surface area contributed by atoms with Crippen molar-refractivity contribution in [3.63, 3.8) is 0 Å². The number of nitriles is 1. The zero-order chi connectivity index (χ0) is 16.0. The standard InChI is InChI=1S/C16H31NO3S/c1-2-3-4-5-6-7-8-9-10-11-12-13-14-16(15-17)21(18,19)20/h16H,2-14H2,1H3,(H,18,19,20). The number of hydrogen-bond donors (Lipinski definition) is 1. The van der Waals surface area contributed by atoms with Crippen LogP contribution in [0.2, 0.25) is 0 Å². The Kier molecular flexibility index (Phi) is 12.7. The fraction of sp³-hybridized carbons (Fsp3) is 0.938. The summed E-state index contributed by atoms with van der Waals surface area (Å²) in [4.78, 5) is 0. The first-order chi connectivity index (χ1) is 10.0. The summed E-state index contributed by atoms with van der Waals surface area (Å²) in [5.41, 5.74) is 0. The number of hydrogen-bond acceptors (Lipinski definition) is 3. The molecule has 0 heterocycles. The fourth-order valence-electron chi connectivity index (χ4n) is 2.45. The molecule has 0 rings (SSSR count). The summed E-state index contributed by atoms with van der Waals surface area (Å²) >= 11 is 0. The van der Waals surface area contributed by atoms with Crippen molar-refractivity contribution in [1.29, 1.82) is 5.26 Å². The maximum Gasteiger partial charge on any atom is 0.281 e. The first-order valence-corrected chi connectivity index (χ1v) is 9.88. The zero-order valence-corrected chi connectivity index (χ0v) is 14.2. The van der Waals surface area contributed by atoms with E-state index in [2.05, 4.69) is 6.92 Å². The van der Waals surface area contributed by atoms with Crippen LogP contribution >= 0.6 is 0 Å². The van der Waals surface area contributed by atoms with Crippen molar-refractivity contribution in [2.75, 3.05) is 0 Å². The van der Waals surface area contributed by atoms with Crippen molar-refractivity contribution in [1.82, 2.24) is 0 Å². The van der Waals surface area contributed by atoms with E-state index in [1.165, 1.54) is 57.8 Å². The van der Waals surface area contributed by atoms with Crippen LogP contribution in [0, 0.1) is 11.3 Å². The molecule has 4 nitrogen and oxygen atoms in total. The van der Waals surface area contributed by atoms with Crippen LogP contribution in [-0.2, 0) is 10.1 Å². The zero-order valence-electron chi connectivity index (χ0n) is 13.4. The first kappa shape index (κ1) is 20.4. The Morgan fingerprint density at radius 3 is 1.57 bits per heavy atom. The molecule has 0 saturated carbocycles. The van der Waals surface area contributed by atoms with Gasteiger partial charge in [-0.3, -0.25) is 4.55 Å². The van der Waals surface area contributed by atoms with Crippen LogP contribution in [0.25, 0.3) is 0 Å². The molecule has 124 valence electrons. The van der Waals surface area contributed by atoms with Gasteiger partial charge in [0.05, 0.1) is 6.07 Å². The van der Waals surface area contributed by atoms with Crippen molar-refractivity contribution in [3.05, 3.63) is 0 Å². The van der Waals surface area contributed by atoms with Crippen molar-refractivity contribution >= 4 is 10.1 Å². The van der Waals surface area contributed by atoms with E-state index < -0.39 is 15.4 Å². The maximum absolute atomic E-state index is 10.8. The van der Waals surface area contributed by atoms with E-state index >= 15 is 0 Å². The lowest BCUT2D eigenvalue weighted by molar-refractivity contribution is 0.468. The highest BCUT2D eigenvalue weighted by Crippen LogP contribution is 2.14. The number of unbranched alkanes of at least 4 members (excludes halogenated alkanes) is 11. The molecule has 0 amide bonds.